The molecular formula is C21H20O7S. The normalized spacial score (nSPS) is 11.3. The van der Waals surface area contributed by atoms with E-state index in [4.69, 9.17) is 14.6 Å². The lowest BCUT2D eigenvalue weighted by atomic mass is 10.2. The molecule has 1 unspecified atom stereocenters. The maximum atomic E-state index is 12.4. The quantitative estimate of drug-likeness (QED) is 0.609. The second-order valence-electron chi connectivity index (χ2n) is 6.03. The first kappa shape index (κ1) is 22.2. The second kappa shape index (κ2) is 11.0. The van der Waals surface area contributed by atoms with Gasteiger partial charge in [-0.05, 0) is 36.4 Å². The predicted octanol–water partition coefficient (Wildman–Crippen LogP) is 4.10. The molecule has 152 valence electrons. The molecule has 8 heteroatoms. The number of ketones is 1. The SMILES string of the molecule is CC(SC(=O)Oc1ccccc1C(=O)OCc1ccccc1)C(=O)CCC(=O)O. The Kier molecular flexibility index (Phi) is 8.42. The first-order valence-corrected chi connectivity index (χ1v) is 9.68. The molecule has 0 spiro atoms. The predicted molar refractivity (Wildman–Crippen MR) is 107 cm³/mol. The molecule has 0 amide bonds. The molecule has 2 aromatic carbocycles. The second-order valence-corrected chi connectivity index (χ2v) is 7.31. The van der Waals surface area contributed by atoms with E-state index >= 15 is 0 Å². The summed E-state index contributed by atoms with van der Waals surface area (Å²) >= 11 is 0.629. The van der Waals surface area contributed by atoms with Crippen LogP contribution in [0.4, 0.5) is 4.79 Å². The summed E-state index contributed by atoms with van der Waals surface area (Å²) in [6.07, 6.45) is -0.464. The number of carbonyl (C=O) groups excluding carboxylic acids is 3. The lowest BCUT2D eigenvalue weighted by Crippen LogP contribution is -2.18. The lowest BCUT2D eigenvalue weighted by molar-refractivity contribution is -0.138. The molecule has 0 saturated carbocycles. The zero-order valence-electron chi connectivity index (χ0n) is 15.7. The fourth-order valence-corrected chi connectivity index (χ4v) is 2.96. The molecule has 2 rings (SSSR count). The lowest BCUT2D eigenvalue weighted by Gasteiger charge is -2.12. The van der Waals surface area contributed by atoms with Gasteiger partial charge in [-0.25, -0.2) is 9.59 Å². The minimum atomic E-state index is -1.08. The van der Waals surface area contributed by atoms with Gasteiger partial charge < -0.3 is 14.6 Å². The largest absolute Gasteiger partial charge is 0.481 e. The summed E-state index contributed by atoms with van der Waals surface area (Å²) in [6, 6.07) is 15.3. The minimum absolute atomic E-state index is 0.0215. The summed E-state index contributed by atoms with van der Waals surface area (Å²) in [5.41, 5.74) is 0.904. The van der Waals surface area contributed by atoms with E-state index in [2.05, 4.69) is 0 Å². The molecule has 0 aromatic heterocycles. The molecule has 0 heterocycles. The third kappa shape index (κ3) is 7.42. The van der Waals surface area contributed by atoms with E-state index in [9.17, 15) is 19.2 Å². The van der Waals surface area contributed by atoms with Gasteiger partial charge in [0.1, 0.15) is 23.7 Å². The van der Waals surface area contributed by atoms with E-state index in [0.29, 0.717) is 11.8 Å². The van der Waals surface area contributed by atoms with Crippen molar-refractivity contribution in [1.82, 2.24) is 0 Å². The number of carbonyl (C=O) groups is 4. The van der Waals surface area contributed by atoms with Gasteiger partial charge in [-0.3, -0.25) is 9.59 Å². The van der Waals surface area contributed by atoms with Crippen molar-refractivity contribution in [3.8, 4) is 5.75 Å². The summed E-state index contributed by atoms with van der Waals surface area (Å²) in [5.74, 6) is -2.08. The first-order chi connectivity index (χ1) is 13.9. The van der Waals surface area contributed by atoms with Crippen LogP contribution in [0.25, 0.3) is 0 Å². The topological polar surface area (TPSA) is 107 Å². The zero-order valence-corrected chi connectivity index (χ0v) is 16.5. The molecular weight excluding hydrogens is 396 g/mol. The van der Waals surface area contributed by atoms with Gasteiger partial charge in [-0.2, -0.15) is 0 Å². The van der Waals surface area contributed by atoms with E-state index in [0.717, 1.165) is 5.56 Å². The third-order valence-electron chi connectivity index (χ3n) is 3.82. The summed E-state index contributed by atoms with van der Waals surface area (Å²) in [6.45, 7) is 1.57. The number of ether oxygens (including phenoxy) is 2. The fraction of sp³-hybridized carbons (Fsp3) is 0.238. The molecule has 7 nitrogen and oxygen atoms in total. The van der Waals surface area contributed by atoms with Crippen LogP contribution >= 0.6 is 11.8 Å². The minimum Gasteiger partial charge on any atom is -0.481 e. The van der Waals surface area contributed by atoms with Crippen LogP contribution < -0.4 is 4.74 Å². The van der Waals surface area contributed by atoms with Crippen molar-refractivity contribution < 1.29 is 33.8 Å². The van der Waals surface area contributed by atoms with Crippen molar-refractivity contribution >= 4 is 34.8 Å². The summed E-state index contributed by atoms with van der Waals surface area (Å²) in [4.78, 5) is 46.9. The standard InChI is InChI=1S/C21H20O7S/c1-14(17(22)11-12-19(23)24)29-21(26)28-18-10-6-5-9-16(18)20(25)27-13-15-7-3-2-4-8-15/h2-10,14H,11-13H2,1H3,(H,23,24). The van der Waals surface area contributed by atoms with Gasteiger partial charge in [0.2, 0.25) is 0 Å². The number of hydrogen-bond donors (Lipinski definition) is 1. The van der Waals surface area contributed by atoms with Gasteiger partial charge in [-0.1, -0.05) is 42.5 Å². The van der Waals surface area contributed by atoms with Crippen molar-refractivity contribution in [2.75, 3.05) is 0 Å². The zero-order chi connectivity index (χ0) is 21.2. The maximum absolute atomic E-state index is 12.4. The number of para-hydroxylation sites is 1. The van der Waals surface area contributed by atoms with E-state index in [1.54, 1.807) is 12.1 Å². The van der Waals surface area contributed by atoms with Gasteiger partial charge in [0.25, 0.3) is 0 Å². The molecule has 29 heavy (non-hydrogen) atoms. The number of aliphatic carboxylic acids is 1. The van der Waals surface area contributed by atoms with Gasteiger partial charge in [-0.15, -0.1) is 0 Å². The van der Waals surface area contributed by atoms with Crippen molar-refractivity contribution in [1.29, 1.82) is 0 Å². The van der Waals surface area contributed by atoms with Crippen LogP contribution in [0, 0.1) is 0 Å². The average Bonchev–Trinajstić information content (AvgIpc) is 2.71. The van der Waals surface area contributed by atoms with Crippen molar-refractivity contribution in [3.05, 3.63) is 65.7 Å². The van der Waals surface area contributed by atoms with Crippen LogP contribution in [0.15, 0.2) is 54.6 Å². The molecule has 0 bridgehead atoms. The summed E-state index contributed by atoms with van der Waals surface area (Å²) in [7, 11) is 0. The van der Waals surface area contributed by atoms with Crippen molar-refractivity contribution in [3.63, 3.8) is 0 Å². The number of benzene rings is 2. The van der Waals surface area contributed by atoms with Crippen molar-refractivity contribution in [2.24, 2.45) is 0 Å². The highest BCUT2D eigenvalue weighted by Gasteiger charge is 2.22. The number of rotatable bonds is 9. The third-order valence-corrected chi connectivity index (χ3v) is 4.72. The smallest absolute Gasteiger partial charge is 0.373 e. The van der Waals surface area contributed by atoms with E-state index in [1.165, 1.54) is 19.1 Å². The molecule has 0 aliphatic heterocycles. The molecule has 0 aliphatic rings. The fourth-order valence-electron chi connectivity index (χ4n) is 2.28. The number of carboxylic acid groups (broad SMARTS) is 1. The number of thioether (sulfide) groups is 1. The Morgan fingerprint density at radius 3 is 2.31 bits per heavy atom. The number of Topliss-reactive ketones (excluding diaryl/α,β-unsaturated/α-hetero) is 1. The Morgan fingerprint density at radius 2 is 1.62 bits per heavy atom. The molecule has 0 radical (unpaired) electrons. The Balaban J connectivity index is 1.95. The average molecular weight is 416 g/mol. The summed E-state index contributed by atoms with van der Waals surface area (Å²) < 4.78 is 10.5. The Bertz CT molecular complexity index is 880. The molecule has 0 saturated heterocycles. The van der Waals surface area contributed by atoms with E-state index in [1.807, 2.05) is 30.3 Å². The first-order valence-electron chi connectivity index (χ1n) is 8.80. The highest BCUT2D eigenvalue weighted by molar-refractivity contribution is 8.14. The maximum Gasteiger partial charge on any atom is 0.373 e. The highest BCUT2D eigenvalue weighted by Crippen LogP contribution is 2.24. The Morgan fingerprint density at radius 1 is 0.966 bits per heavy atom. The van der Waals surface area contributed by atoms with Crippen LogP contribution in [0.1, 0.15) is 35.7 Å². The Hall–Kier alpha value is -3.13. The van der Waals surface area contributed by atoms with E-state index in [-0.39, 0.29) is 36.5 Å². The van der Waals surface area contributed by atoms with Crippen LogP contribution in [-0.4, -0.2) is 33.4 Å². The van der Waals surface area contributed by atoms with Gasteiger partial charge in [0.15, 0.2) is 0 Å². The van der Waals surface area contributed by atoms with Crippen LogP contribution in [0.5, 0.6) is 5.75 Å². The van der Waals surface area contributed by atoms with Crippen LogP contribution in [0.3, 0.4) is 0 Å². The van der Waals surface area contributed by atoms with Crippen LogP contribution in [-0.2, 0) is 20.9 Å². The van der Waals surface area contributed by atoms with Crippen molar-refractivity contribution in [2.45, 2.75) is 31.6 Å². The van der Waals surface area contributed by atoms with Gasteiger partial charge in [0.05, 0.1) is 11.7 Å². The van der Waals surface area contributed by atoms with Gasteiger partial charge in [0, 0.05) is 6.42 Å². The molecule has 1 atom stereocenters. The number of esters is 1. The Labute approximate surface area is 172 Å². The van der Waals surface area contributed by atoms with E-state index < -0.39 is 22.5 Å². The van der Waals surface area contributed by atoms with Crippen LogP contribution in [0.2, 0.25) is 0 Å². The highest BCUT2D eigenvalue weighted by atomic mass is 32.2. The molecule has 1 N–H and O–H groups in total. The molecule has 0 aliphatic carbocycles. The molecule has 0 fully saturated rings. The molecule has 2 aromatic rings. The summed E-state index contributed by atoms with van der Waals surface area (Å²) in [5, 5.41) is 7.09. The number of carboxylic acids is 1. The number of hydrogen-bond acceptors (Lipinski definition) is 7. The monoisotopic (exact) mass is 416 g/mol. The van der Waals surface area contributed by atoms with Gasteiger partial charge >= 0.3 is 17.2 Å².